The highest BCUT2D eigenvalue weighted by atomic mass is 35.5. The molecule has 2 rings (SSSR count). The maximum Gasteiger partial charge on any atom is 0.255 e. The van der Waals surface area contributed by atoms with Crippen LogP contribution in [0.4, 0.5) is 5.69 Å². The highest BCUT2D eigenvalue weighted by Gasteiger charge is 2.17. The van der Waals surface area contributed by atoms with Crippen molar-refractivity contribution in [2.24, 2.45) is 0 Å². The van der Waals surface area contributed by atoms with Gasteiger partial charge in [-0.3, -0.25) is 4.79 Å². The second kappa shape index (κ2) is 8.53. The SMILES string of the molecule is CCC(C)NS(=O)(=O)c1ccc(C(=O)Nc2ccc(OC)c(Cl)c2)cc1. The number of nitrogens with one attached hydrogen (secondary N) is 2. The standard InChI is InChI=1S/C18H21ClN2O4S/c1-4-12(2)21-26(23,24)15-8-5-13(6-9-15)18(22)20-14-7-10-17(25-3)16(19)11-14/h5-12,21H,4H2,1-3H3,(H,20,22). The van der Waals surface area contributed by atoms with Gasteiger partial charge >= 0.3 is 0 Å². The summed E-state index contributed by atoms with van der Waals surface area (Å²) in [5.41, 5.74) is 0.843. The van der Waals surface area contributed by atoms with Crippen LogP contribution in [0.25, 0.3) is 0 Å². The van der Waals surface area contributed by atoms with Gasteiger partial charge in [0.1, 0.15) is 5.75 Å². The number of ether oxygens (including phenoxy) is 1. The van der Waals surface area contributed by atoms with Crippen molar-refractivity contribution in [3.05, 3.63) is 53.1 Å². The van der Waals surface area contributed by atoms with E-state index in [0.29, 0.717) is 28.4 Å². The number of sulfonamides is 1. The lowest BCUT2D eigenvalue weighted by Gasteiger charge is -2.12. The lowest BCUT2D eigenvalue weighted by molar-refractivity contribution is 0.102. The summed E-state index contributed by atoms with van der Waals surface area (Å²) in [5, 5.41) is 3.08. The van der Waals surface area contributed by atoms with Crippen LogP contribution in [0.15, 0.2) is 47.4 Å². The molecular weight excluding hydrogens is 376 g/mol. The van der Waals surface area contributed by atoms with Gasteiger partial charge in [-0.1, -0.05) is 18.5 Å². The van der Waals surface area contributed by atoms with E-state index in [9.17, 15) is 13.2 Å². The molecule has 0 aliphatic heterocycles. The third kappa shape index (κ3) is 4.97. The first-order valence-corrected chi connectivity index (χ1v) is 9.90. The molecule has 1 atom stereocenters. The Hall–Kier alpha value is -2.09. The molecule has 0 aliphatic carbocycles. The number of methoxy groups -OCH3 is 1. The number of hydrogen-bond acceptors (Lipinski definition) is 4. The van der Waals surface area contributed by atoms with Crippen LogP contribution in [0, 0.1) is 0 Å². The van der Waals surface area contributed by atoms with Crippen molar-refractivity contribution in [3.63, 3.8) is 0 Å². The summed E-state index contributed by atoms with van der Waals surface area (Å²) in [4.78, 5) is 12.4. The Kier molecular flexibility index (Phi) is 6.63. The first-order valence-electron chi connectivity index (χ1n) is 8.04. The van der Waals surface area contributed by atoms with Crippen LogP contribution in [-0.2, 0) is 10.0 Å². The van der Waals surface area contributed by atoms with Crippen molar-refractivity contribution in [2.75, 3.05) is 12.4 Å². The topological polar surface area (TPSA) is 84.5 Å². The smallest absolute Gasteiger partial charge is 0.255 e. The Balaban J connectivity index is 2.12. The number of rotatable bonds is 7. The van der Waals surface area contributed by atoms with Crippen molar-refractivity contribution in [1.82, 2.24) is 4.72 Å². The molecule has 2 aromatic carbocycles. The largest absolute Gasteiger partial charge is 0.495 e. The zero-order valence-electron chi connectivity index (χ0n) is 14.7. The molecule has 1 amide bonds. The van der Waals surface area contributed by atoms with Gasteiger partial charge < -0.3 is 10.1 Å². The number of hydrogen-bond donors (Lipinski definition) is 2. The highest BCUT2D eigenvalue weighted by molar-refractivity contribution is 7.89. The Morgan fingerprint density at radius 3 is 2.38 bits per heavy atom. The summed E-state index contributed by atoms with van der Waals surface area (Å²) >= 11 is 6.03. The molecular formula is C18H21ClN2O4S. The van der Waals surface area contributed by atoms with E-state index in [4.69, 9.17) is 16.3 Å². The average molecular weight is 397 g/mol. The summed E-state index contributed by atoms with van der Waals surface area (Å²) in [6.45, 7) is 3.69. The molecule has 0 saturated heterocycles. The molecule has 0 spiro atoms. The van der Waals surface area contributed by atoms with E-state index in [1.54, 1.807) is 25.1 Å². The monoisotopic (exact) mass is 396 g/mol. The second-order valence-electron chi connectivity index (χ2n) is 5.76. The fourth-order valence-corrected chi connectivity index (χ4v) is 3.73. The number of carbonyl (C=O) groups is 1. The van der Waals surface area contributed by atoms with E-state index < -0.39 is 10.0 Å². The second-order valence-corrected chi connectivity index (χ2v) is 7.88. The Morgan fingerprint density at radius 1 is 1.19 bits per heavy atom. The van der Waals surface area contributed by atoms with E-state index in [0.717, 1.165) is 0 Å². The van der Waals surface area contributed by atoms with Crippen molar-refractivity contribution in [1.29, 1.82) is 0 Å². The minimum atomic E-state index is -3.60. The van der Waals surface area contributed by atoms with Crippen molar-refractivity contribution in [3.8, 4) is 5.75 Å². The average Bonchev–Trinajstić information content (AvgIpc) is 2.61. The molecule has 140 valence electrons. The highest BCUT2D eigenvalue weighted by Crippen LogP contribution is 2.27. The van der Waals surface area contributed by atoms with Crippen molar-refractivity contribution in [2.45, 2.75) is 31.2 Å². The van der Waals surface area contributed by atoms with Gasteiger partial charge in [0.2, 0.25) is 10.0 Å². The Bertz CT molecular complexity index is 883. The lowest BCUT2D eigenvalue weighted by Crippen LogP contribution is -2.32. The maximum absolute atomic E-state index is 12.3. The summed E-state index contributed by atoms with van der Waals surface area (Å²) in [6.07, 6.45) is 0.685. The summed E-state index contributed by atoms with van der Waals surface area (Å²) in [5.74, 6) is 0.137. The third-order valence-corrected chi connectivity index (χ3v) is 5.71. The molecule has 2 N–H and O–H groups in total. The normalized spacial score (nSPS) is 12.5. The number of carbonyl (C=O) groups excluding carboxylic acids is 1. The van der Waals surface area contributed by atoms with Gasteiger partial charge in [0.15, 0.2) is 0 Å². The summed E-state index contributed by atoms with van der Waals surface area (Å²) in [7, 11) is -2.09. The van der Waals surface area contributed by atoms with Gasteiger partial charge in [0, 0.05) is 17.3 Å². The number of halogens is 1. The van der Waals surface area contributed by atoms with Crippen LogP contribution in [0.3, 0.4) is 0 Å². The van der Waals surface area contributed by atoms with Crippen LogP contribution in [0.5, 0.6) is 5.75 Å². The van der Waals surface area contributed by atoms with Crippen LogP contribution in [-0.4, -0.2) is 27.5 Å². The van der Waals surface area contributed by atoms with E-state index in [1.807, 2.05) is 6.92 Å². The minimum absolute atomic E-state index is 0.113. The molecule has 0 saturated carbocycles. The van der Waals surface area contributed by atoms with E-state index in [1.165, 1.54) is 31.4 Å². The van der Waals surface area contributed by atoms with Crippen LogP contribution >= 0.6 is 11.6 Å². The third-order valence-electron chi connectivity index (χ3n) is 3.81. The number of anilines is 1. The predicted molar refractivity (Wildman–Crippen MR) is 102 cm³/mol. The van der Waals surface area contributed by atoms with Crippen LogP contribution < -0.4 is 14.8 Å². The van der Waals surface area contributed by atoms with Gasteiger partial charge in [0.25, 0.3) is 5.91 Å². The molecule has 1 unspecified atom stereocenters. The van der Waals surface area contributed by atoms with Gasteiger partial charge in [0.05, 0.1) is 17.0 Å². The molecule has 26 heavy (non-hydrogen) atoms. The lowest BCUT2D eigenvalue weighted by atomic mass is 10.2. The predicted octanol–water partition coefficient (Wildman–Crippen LogP) is 3.68. The number of amides is 1. The van der Waals surface area contributed by atoms with Gasteiger partial charge in [-0.25, -0.2) is 13.1 Å². The van der Waals surface area contributed by atoms with Gasteiger partial charge in [-0.05, 0) is 55.8 Å². The molecule has 2 aromatic rings. The first-order chi connectivity index (χ1) is 12.3. The minimum Gasteiger partial charge on any atom is -0.495 e. The molecule has 6 nitrogen and oxygen atoms in total. The van der Waals surface area contributed by atoms with E-state index in [2.05, 4.69) is 10.0 Å². The first kappa shape index (κ1) is 20.2. The zero-order valence-corrected chi connectivity index (χ0v) is 16.3. The van der Waals surface area contributed by atoms with Crippen LogP contribution in [0.1, 0.15) is 30.6 Å². The zero-order chi connectivity index (χ0) is 19.3. The number of benzene rings is 2. The van der Waals surface area contributed by atoms with Gasteiger partial charge in [-0.2, -0.15) is 0 Å². The van der Waals surface area contributed by atoms with E-state index in [-0.39, 0.29) is 16.8 Å². The summed E-state index contributed by atoms with van der Waals surface area (Å²) in [6, 6.07) is 10.5. The van der Waals surface area contributed by atoms with Gasteiger partial charge in [-0.15, -0.1) is 0 Å². The van der Waals surface area contributed by atoms with Crippen molar-refractivity contribution >= 4 is 33.2 Å². The van der Waals surface area contributed by atoms with Crippen LogP contribution in [0.2, 0.25) is 5.02 Å². The Labute approximate surface area is 158 Å². The fourth-order valence-electron chi connectivity index (χ4n) is 2.15. The summed E-state index contributed by atoms with van der Waals surface area (Å²) < 4.78 is 32.1. The molecule has 0 bridgehead atoms. The Morgan fingerprint density at radius 2 is 1.85 bits per heavy atom. The molecule has 0 heterocycles. The molecule has 0 fully saturated rings. The molecule has 0 aliphatic rings. The molecule has 0 radical (unpaired) electrons. The fraction of sp³-hybridized carbons (Fsp3) is 0.278. The molecule has 8 heteroatoms. The van der Waals surface area contributed by atoms with E-state index >= 15 is 0 Å². The quantitative estimate of drug-likeness (QED) is 0.747. The maximum atomic E-state index is 12.3. The van der Waals surface area contributed by atoms with Crippen molar-refractivity contribution < 1.29 is 17.9 Å². The molecule has 0 aromatic heterocycles.